The Bertz CT molecular complexity index is 388. The molecule has 7 heteroatoms. The summed E-state index contributed by atoms with van der Waals surface area (Å²) in [7, 11) is 1.65. The molecule has 1 aromatic heterocycles. The number of hydrogen-bond acceptors (Lipinski definition) is 7. The second-order valence-electron chi connectivity index (χ2n) is 4.75. The van der Waals surface area contributed by atoms with Crippen molar-refractivity contribution in [3.63, 3.8) is 0 Å². The molecule has 0 aliphatic rings. The Morgan fingerprint density at radius 3 is 2.78 bits per heavy atom. The Labute approximate surface area is 116 Å². The minimum Gasteiger partial charge on any atom is -0.383 e. The van der Waals surface area contributed by atoms with E-state index in [0.29, 0.717) is 18.9 Å². The molecule has 1 aromatic rings. The fourth-order valence-electron chi connectivity index (χ4n) is 0.943. The molecule has 1 rings (SSSR count). The van der Waals surface area contributed by atoms with Gasteiger partial charge in [-0.1, -0.05) is 43.9 Å². The van der Waals surface area contributed by atoms with Crippen molar-refractivity contribution in [1.29, 1.82) is 0 Å². The van der Waals surface area contributed by atoms with E-state index in [1.807, 2.05) is 20.8 Å². The van der Waals surface area contributed by atoms with E-state index >= 15 is 0 Å². The zero-order valence-corrected chi connectivity index (χ0v) is 12.8. The summed E-state index contributed by atoms with van der Waals surface area (Å²) in [6.45, 7) is 7.11. The third kappa shape index (κ3) is 5.32. The Hall–Kier alpha value is -0.660. The van der Waals surface area contributed by atoms with Crippen LogP contribution in [0.25, 0.3) is 0 Å². The number of rotatable bonds is 7. The van der Waals surface area contributed by atoms with Crippen molar-refractivity contribution in [3.8, 4) is 0 Å². The Morgan fingerprint density at radius 1 is 1.44 bits per heavy atom. The van der Waals surface area contributed by atoms with Gasteiger partial charge >= 0.3 is 0 Å². The summed E-state index contributed by atoms with van der Waals surface area (Å²) < 4.78 is 5.74. The second kappa shape index (κ2) is 7.06. The Morgan fingerprint density at radius 2 is 2.17 bits per heavy atom. The number of thioether (sulfide) groups is 1. The van der Waals surface area contributed by atoms with Crippen molar-refractivity contribution < 1.29 is 9.53 Å². The van der Waals surface area contributed by atoms with Crippen LogP contribution in [0.1, 0.15) is 20.8 Å². The monoisotopic (exact) mass is 289 g/mol. The first kappa shape index (κ1) is 15.4. The van der Waals surface area contributed by atoms with E-state index in [-0.39, 0.29) is 11.2 Å². The first-order chi connectivity index (χ1) is 8.43. The van der Waals surface area contributed by atoms with Crippen molar-refractivity contribution in [2.24, 2.45) is 5.41 Å². The number of carbonyl (C=O) groups excluding carboxylic acids is 1. The van der Waals surface area contributed by atoms with Crippen LogP contribution in [-0.4, -0.2) is 42.0 Å². The normalized spacial score (nSPS) is 11.6. The number of ketones is 1. The molecule has 0 spiro atoms. The lowest BCUT2D eigenvalue weighted by molar-refractivity contribution is -0.123. The molecular formula is C11H19N3O2S2. The standard InChI is InChI=1S/C11H19N3O2S2/c1-11(2,3)8(15)7-17-10-14-13-9(18-10)12-5-6-16-4/h5-7H2,1-4H3,(H,12,13). The van der Waals surface area contributed by atoms with Gasteiger partial charge in [0.1, 0.15) is 5.78 Å². The van der Waals surface area contributed by atoms with Crippen LogP contribution in [0.4, 0.5) is 5.13 Å². The van der Waals surface area contributed by atoms with E-state index in [0.717, 1.165) is 9.47 Å². The summed E-state index contributed by atoms with van der Waals surface area (Å²) in [6.07, 6.45) is 0. The van der Waals surface area contributed by atoms with Gasteiger partial charge in [0, 0.05) is 19.1 Å². The highest BCUT2D eigenvalue weighted by Gasteiger charge is 2.21. The van der Waals surface area contributed by atoms with Crippen molar-refractivity contribution in [1.82, 2.24) is 10.2 Å². The molecule has 0 fully saturated rings. The van der Waals surface area contributed by atoms with Crippen LogP contribution in [0.15, 0.2) is 4.34 Å². The van der Waals surface area contributed by atoms with E-state index in [9.17, 15) is 4.79 Å². The smallest absolute Gasteiger partial charge is 0.206 e. The lowest BCUT2D eigenvalue weighted by atomic mass is 9.92. The summed E-state index contributed by atoms with van der Waals surface area (Å²) in [6, 6.07) is 0. The van der Waals surface area contributed by atoms with Crippen LogP contribution >= 0.6 is 23.1 Å². The van der Waals surface area contributed by atoms with Gasteiger partial charge in [-0.3, -0.25) is 4.79 Å². The molecule has 0 radical (unpaired) electrons. The van der Waals surface area contributed by atoms with Gasteiger partial charge in [0.05, 0.1) is 12.4 Å². The third-order valence-electron chi connectivity index (χ3n) is 2.15. The van der Waals surface area contributed by atoms with Gasteiger partial charge in [-0.2, -0.15) is 0 Å². The molecule has 0 aliphatic heterocycles. The number of ether oxygens (including phenoxy) is 1. The summed E-state index contributed by atoms with van der Waals surface area (Å²) in [5.41, 5.74) is -0.294. The van der Waals surface area contributed by atoms with E-state index < -0.39 is 0 Å². The van der Waals surface area contributed by atoms with E-state index in [2.05, 4.69) is 15.5 Å². The van der Waals surface area contributed by atoms with Crippen LogP contribution < -0.4 is 5.32 Å². The number of aromatic nitrogens is 2. The molecule has 0 bridgehead atoms. The van der Waals surface area contributed by atoms with Gasteiger partial charge in [-0.25, -0.2) is 0 Å². The largest absolute Gasteiger partial charge is 0.383 e. The van der Waals surface area contributed by atoms with Gasteiger partial charge < -0.3 is 10.1 Å². The van der Waals surface area contributed by atoms with Crippen molar-refractivity contribution in [2.45, 2.75) is 25.1 Å². The minimum absolute atomic E-state index is 0.219. The van der Waals surface area contributed by atoms with Crippen LogP contribution in [0, 0.1) is 5.41 Å². The predicted octanol–water partition coefficient (Wildman–Crippen LogP) is 2.30. The molecule has 1 N–H and O–H groups in total. The van der Waals surface area contributed by atoms with E-state index in [4.69, 9.17) is 4.74 Å². The molecule has 5 nitrogen and oxygen atoms in total. The molecule has 0 aromatic carbocycles. The van der Waals surface area contributed by atoms with Crippen LogP contribution in [0.3, 0.4) is 0 Å². The summed E-state index contributed by atoms with van der Waals surface area (Å²) in [5.74, 6) is 0.660. The van der Waals surface area contributed by atoms with Gasteiger partial charge in [0.25, 0.3) is 0 Å². The highest BCUT2D eigenvalue weighted by molar-refractivity contribution is 8.01. The highest BCUT2D eigenvalue weighted by atomic mass is 32.2. The first-order valence-corrected chi connectivity index (χ1v) is 7.46. The summed E-state index contributed by atoms with van der Waals surface area (Å²) >= 11 is 2.90. The van der Waals surface area contributed by atoms with E-state index in [1.165, 1.54) is 23.1 Å². The number of hydrogen-bond donors (Lipinski definition) is 1. The second-order valence-corrected chi connectivity index (χ2v) is 6.95. The number of nitrogens with zero attached hydrogens (tertiary/aromatic N) is 2. The molecule has 0 atom stereocenters. The average molecular weight is 289 g/mol. The van der Waals surface area contributed by atoms with E-state index in [1.54, 1.807) is 7.11 Å². The number of carbonyl (C=O) groups is 1. The number of Topliss-reactive ketones (excluding diaryl/α,β-unsaturated/α-hetero) is 1. The van der Waals surface area contributed by atoms with Gasteiger partial charge in [-0.05, 0) is 0 Å². The maximum absolute atomic E-state index is 11.8. The maximum Gasteiger partial charge on any atom is 0.206 e. The van der Waals surface area contributed by atoms with Gasteiger partial charge in [0.2, 0.25) is 5.13 Å². The molecule has 0 saturated carbocycles. The van der Waals surface area contributed by atoms with Crippen LogP contribution in [0.2, 0.25) is 0 Å². The molecular weight excluding hydrogens is 270 g/mol. The van der Waals surface area contributed by atoms with Crippen LogP contribution in [-0.2, 0) is 9.53 Å². The zero-order valence-electron chi connectivity index (χ0n) is 11.1. The fraction of sp³-hybridized carbons (Fsp3) is 0.727. The average Bonchev–Trinajstić information content (AvgIpc) is 2.73. The van der Waals surface area contributed by atoms with Crippen molar-refractivity contribution in [3.05, 3.63) is 0 Å². The van der Waals surface area contributed by atoms with Gasteiger partial charge in [0.15, 0.2) is 4.34 Å². The topological polar surface area (TPSA) is 64.1 Å². The quantitative estimate of drug-likeness (QED) is 0.614. The number of nitrogens with one attached hydrogen (secondary N) is 1. The molecule has 1 heterocycles. The molecule has 18 heavy (non-hydrogen) atoms. The highest BCUT2D eigenvalue weighted by Crippen LogP contribution is 2.27. The Balaban J connectivity index is 2.37. The first-order valence-electron chi connectivity index (χ1n) is 5.66. The number of methoxy groups -OCH3 is 1. The fourth-order valence-corrected chi connectivity index (χ4v) is 2.88. The van der Waals surface area contributed by atoms with Crippen molar-refractivity contribution >= 4 is 34.0 Å². The molecule has 0 amide bonds. The minimum atomic E-state index is -0.294. The zero-order chi connectivity index (χ0) is 13.6. The molecule has 0 unspecified atom stereocenters. The SMILES string of the molecule is COCCNc1nnc(SCC(=O)C(C)(C)C)s1. The maximum atomic E-state index is 11.8. The summed E-state index contributed by atoms with van der Waals surface area (Å²) in [4.78, 5) is 11.8. The molecule has 0 aliphatic carbocycles. The van der Waals surface area contributed by atoms with Gasteiger partial charge in [-0.15, -0.1) is 10.2 Å². The molecule has 102 valence electrons. The molecule has 0 saturated heterocycles. The lowest BCUT2D eigenvalue weighted by Gasteiger charge is -2.15. The third-order valence-corrected chi connectivity index (χ3v) is 4.17. The lowest BCUT2D eigenvalue weighted by Crippen LogP contribution is -2.21. The predicted molar refractivity (Wildman–Crippen MR) is 75.5 cm³/mol. The summed E-state index contributed by atoms with van der Waals surface area (Å²) in [5, 5.41) is 11.9. The number of anilines is 1. The van der Waals surface area contributed by atoms with Crippen molar-refractivity contribution in [2.75, 3.05) is 31.3 Å². The Kier molecular flexibility index (Phi) is 6.04. The van der Waals surface area contributed by atoms with Crippen LogP contribution in [0.5, 0.6) is 0 Å².